The van der Waals surface area contributed by atoms with Gasteiger partial charge in [-0.05, 0) is 17.7 Å². The standard InChI is InChI=1S/C9H9FO4S/c10-8-3-1-2-7(4-8)5-15(13,14)6-9(11)12/h1-4H,5-6H2,(H,11,12)/p-1. The van der Waals surface area contributed by atoms with E-state index >= 15 is 0 Å². The van der Waals surface area contributed by atoms with Crippen LogP contribution in [0.1, 0.15) is 5.56 Å². The van der Waals surface area contributed by atoms with Crippen molar-refractivity contribution in [2.24, 2.45) is 0 Å². The van der Waals surface area contributed by atoms with Gasteiger partial charge in [-0.1, -0.05) is 12.1 Å². The molecule has 0 aromatic heterocycles. The largest absolute Gasteiger partial charge is 0.549 e. The molecule has 6 heteroatoms. The fourth-order valence-electron chi connectivity index (χ4n) is 1.11. The highest BCUT2D eigenvalue weighted by Gasteiger charge is 2.12. The van der Waals surface area contributed by atoms with E-state index < -0.39 is 33.1 Å². The molecule has 0 unspecified atom stereocenters. The third-order valence-corrected chi connectivity index (χ3v) is 3.06. The first-order chi connectivity index (χ1) is 6.89. The lowest BCUT2D eigenvalue weighted by molar-refractivity contribution is -0.301. The summed E-state index contributed by atoms with van der Waals surface area (Å²) in [6.07, 6.45) is 0. The summed E-state index contributed by atoms with van der Waals surface area (Å²) in [5, 5.41) is 10.1. The second kappa shape index (κ2) is 4.39. The lowest BCUT2D eigenvalue weighted by Gasteiger charge is -2.04. The van der Waals surface area contributed by atoms with Crippen LogP contribution >= 0.6 is 0 Å². The molecule has 0 N–H and O–H groups in total. The van der Waals surface area contributed by atoms with Crippen molar-refractivity contribution in [3.63, 3.8) is 0 Å². The van der Waals surface area contributed by atoms with E-state index in [2.05, 4.69) is 0 Å². The summed E-state index contributed by atoms with van der Waals surface area (Å²) < 4.78 is 35.0. The maximum atomic E-state index is 12.7. The zero-order valence-corrected chi connectivity index (χ0v) is 8.46. The van der Waals surface area contributed by atoms with Crippen LogP contribution in [0.15, 0.2) is 24.3 Å². The number of carboxylic acid groups (broad SMARTS) is 1. The van der Waals surface area contributed by atoms with Crippen LogP contribution in [0.25, 0.3) is 0 Å². The third kappa shape index (κ3) is 4.07. The van der Waals surface area contributed by atoms with Crippen LogP contribution in [0, 0.1) is 5.82 Å². The van der Waals surface area contributed by atoms with E-state index in [1.165, 1.54) is 18.2 Å². The van der Waals surface area contributed by atoms with Crippen molar-refractivity contribution in [1.29, 1.82) is 0 Å². The highest BCUT2D eigenvalue weighted by molar-refractivity contribution is 7.91. The van der Waals surface area contributed by atoms with Crippen molar-refractivity contribution in [2.75, 3.05) is 5.75 Å². The molecule has 0 fully saturated rings. The maximum absolute atomic E-state index is 12.7. The Morgan fingerprint density at radius 2 is 2.07 bits per heavy atom. The van der Waals surface area contributed by atoms with Crippen molar-refractivity contribution >= 4 is 15.8 Å². The summed E-state index contributed by atoms with van der Waals surface area (Å²) >= 11 is 0. The minimum Gasteiger partial charge on any atom is -0.549 e. The first-order valence-electron chi connectivity index (χ1n) is 4.04. The van der Waals surface area contributed by atoms with Crippen LogP contribution in [0.3, 0.4) is 0 Å². The topological polar surface area (TPSA) is 74.3 Å². The number of hydrogen-bond donors (Lipinski definition) is 0. The van der Waals surface area contributed by atoms with Gasteiger partial charge in [0.25, 0.3) is 0 Å². The minimum atomic E-state index is -3.78. The van der Waals surface area contributed by atoms with Crippen molar-refractivity contribution in [3.05, 3.63) is 35.6 Å². The normalized spacial score (nSPS) is 11.3. The SMILES string of the molecule is O=C([O-])CS(=O)(=O)Cc1cccc(F)c1. The molecule has 0 aliphatic carbocycles. The Labute approximate surface area is 86.3 Å². The molecule has 82 valence electrons. The number of halogens is 1. The fourth-order valence-corrected chi connectivity index (χ4v) is 2.26. The Balaban J connectivity index is 2.82. The van der Waals surface area contributed by atoms with Crippen LogP contribution in [-0.4, -0.2) is 20.1 Å². The summed E-state index contributed by atoms with van der Waals surface area (Å²) in [6.45, 7) is 0. The smallest absolute Gasteiger partial charge is 0.159 e. The van der Waals surface area contributed by atoms with Gasteiger partial charge < -0.3 is 9.90 Å². The van der Waals surface area contributed by atoms with Crippen molar-refractivity contribution in [2.45, 2.75) is 5.75 Å². The summed E-state index contributed by atoms with van der Waals surface area (Å²) in [4.78, 5) is 10.1. The second-order valence-corrected chi connectivity index (χ2v) is 5.10. The van der Waals surface area contributed by atoms with E-state index in [9.17, 15) is 22.7 Å². The quantitative estimate of drug-likeness (QED) is 0.699. The number of benzene rings is 1. The van der Waals surface area contributed by atoms with Gasteiger partial charge in [-0.25, -0.2) is 12.8 Å². The Morgan fingerprint density at radius 3 is 2.60 bits per heavy atom. The average molecular weight is 231 g/mol. The van der Waals surface area contributed by atoms with E-state index in [0.29, 0.717) is 0 Å². The predicted octanol–water partition coefficient (Wildman–Crippen LogP) is -0.510. The molecule has 0 heterocycles. The molecule has 1 aromatic rings. The number of carbonyl (C=O) groups is 1. The highest BCUT2D eigenvalue weighted by atomic mass is 32.2. The van der Waals surface area contributed by atoms with Gasteiger partial charge in [0.1, 0.15) is 5.82 Å². The van der Waals surface area contributed by atoms with Crippen LogP contribution in [-0.2, 0) is 20.4 Å². The first kappa shape index (κ1) is 11.6. The number of carbonyl (C=O) groups excluding carboxylic acids is 1. The molecule has 0 aliphatic heterocycles. The molecular formula is C9H8FO4S-. The molecule has 1 aromatic carbocycles. The lowest BCUT2D eigenvalue weighted by atomic mass is 10.2. The Bertz CT molecular complexity index is 467. The third-order valence-electron chi connectivity index (χ3n) is 1.61. The molecular weight excluding hydrogens is 223 g/mol. The van der Waals surface area contributed by atoms with Crippen LogP contribution < -0.4 is 5.11 Å². The summed E-state index contributed by atoms with van der Waals surface area (Å²) in [5.41, 5.74) is 0.219. The van der Waals surface area contributed by atoms with Gasteiger partial charge in [-0.2, -0.15) is 0 Å². The van der Waals surface area contributed by atoms with E-state index in [1.54, 1.807) is 0 Å². The summed E-state index contributed by atoms with van der Waals surface area (Å²) in [6, 6.07) is 5.00. The number of sulfone groups is 1. The molecule has 4 nitrogen and oxygen atoms in total. The van der Waals surface area contributed by atoms with Crippen LogP contribution in [0.2, 0.25) is 0 Å². The predicted molar refractivity (Wildman–Crippen MR) is 48.9 cm³/mol. The Morgan fingerprint density at radius 1 is 1.40 bits per heavy atom. The zero-order chi connectivity index (χ0) is 11.5. The van der Waals surface area contributed by atoms with Gasteiger partial charge in [-0.3, -0.25) is 0 Å². The zero-order valence-electron chi connectivity index (χ0n) is 7.64. The number of rotatable bonds is 4. The monoisotopic (exact) mass is 231 g/mol. The summed E-state index contributed by atoms with van der Waals surface area (Å²) in [7, 11) is -3.78. The molecule has 0 spiro atoms. The van der Waals surface area contributed by atoms with Gasteiger partial charge >= 0.3 is 0 Å². The van der Waals surface area contributed by atoms with Crippen molar-refractivity contribution in [1.82, 2.24) is 0 Å². The van der Waals surface area contributed by atoms with E-state index in [4.69, 9.17) is 0 Å². The van der Waals surface area contributed by atoms with E-state index in [-0.39, 0.29) is 5.56 Å². The van der Waals surface area contributed by atoms with Gasteiger partial charge in [-0.15, -0.1) is 0 Å². The summed E-state index contributed by atoms with van der Waals surface area (Å²) in [5.74, 6) is -3.77. The van der Waals surface area contributed by atoms with Crippen LogP contribution in [0.4, 0.5) is 4.39 Å². The van der Waals surface area contributed by atoms with Crippen molar-refractivity contribution < 1.29 is 22.7 Å². The number of carboxylic acids is 1. The molecule has 1 rings (SSSR count). The molecule has 0 saturated carbocycles. The lowest BCUT2D eigenvalue weighted by Crippen LogP contribution is -2.31. The van der Waals surface area contributed by atoms with Gasteiger partial charge in [0.05, 0.1) is 17.5 Å². The molecule has 0 bridgehead atoms. The van der Waals surface area contributed by atoms with Crippen LogP contribution in [0.5, 0.6) is 0 Å². The van der Waals surface area contributed by atoms with Crippen molar-refractivity contribution in [3.8, 4) is 0 Å². The van der Waals surface area contributed by atoms with E-state index in [0.717, 1.165) is 6.07 Å². The number of aliphatic carboxylic acids is 1. The molecule has 0 amide bonds. The average Bonchev–Trinajstić information content (AvgIpc) is 1.99. The van der Waals surface area contributed by atoms with E-state index in [1.807, 2.05) is 0 Å². The molecule has 0 saturated heterocycles. The molecule has 0 radical (unpaired) electrons. The molecule has 15 heavy (non-hydrogen) atoms. The van der Waals surface area contributed by atoms with Gasteiger partial charge in [0, 0.05) is 0 Å². The molecule has 0 atom stereocenters. The fraction of sp³-hybridized carbons (Fsp3) is 0.222. The highest BCUT2D eigenvalue weighted by Crippen LogP contribution is 2.08. The first-order valence-corrected chi connectivity index (χ1v) is 5.86. The number of hydrogen-bond acceptors (Lipinski definition) is 4. The minimum absolute atomic E-state index is 0.219. The second-order valence-electron chi connectivity index (χ2n) is 3.03. The van der Waals surface area contributed by atoms with Gasteiger partial charge in [0.2, 0.25) is 0 Å². The Hall–Kier alpha value is -1.43. The molecule has 0 aliphatic rings. The van der Waals surface area contributed by atoms with Gasteiger partial charge in [0.15, 0.2) is 9.84 Å². The maximum Gasteiger partial charge on any atom is 0.159 e. The Kier molecular flexibility index (Phi) is 3.41.